The maximum Gasteiger partial charge on any atom is 0.439 e. The molecule has 0 saturated carbocycles. The van der Waals surface area contributed by atoms with E-state index in [-0.39, 0.29) is 11.7 Å². The van der Waals surface area contributed by atoms with Gasteiger partial charge in [-0.3, -0.25) is 14.3 Å². The fraction of sp³-hybridized carbons (Fsp3) is 0. The molecule has 7 nitrogen and oxygen atoms in total. The van der Waals surface area contributed by atoms with E-state index in [4.69, 9.17) is 11.6 Å². The monoisotopic (exact) mass is 432 g/mol. The predicted octanol–water partition coefficient (Wildman–Crippen LogP) is 4.18. The SMILES string of the molecule is O=C(Nc1ccc(Br)cc1-c1noc(=O)[nH]1)c1cc2ccc(Cl)cc2[nH]1. The van der Waals surface area contributed by atoms with Gasteiger partial charge in [0.2, 0.25) is 0 Å². The lowest BCUT2D eigenvalue weighted by atomic mass is 10.1. The summed E-state index contributed by atoms with van der Waals surface area (Å²) in [5.74, 6) is -0.800. The van der Waals surface area contributed by atoms with Crippen molar-refractivity contribution in [2.24, 2.45) is 0 Å². The molecule has 0 aliphatic rings. The second kappa shape index (κ2) is 6.47. The molecule has 3 N–H and O–H groups in total. The van der Waals surface area contributed by atoms with E-state index in [1.54, 1.807) is 36.4 Å². The minimum atomic E-state index is -0.676. The van der Waals surface area contributed by atoms with Crippen molar-refractivity contribution in [1.29, 1.82) is 0 Å². The number of hydrogen-bond acceptors (Lipinski definition) is 4. The number of aromatic nitrogens is 3. The second-order valence-corrected chi connectivity index (χ2v) is 6.85. The molecule has 0 unspecified atom stereocenters. The minimum absolute atomic E-state index is 0.218. The molecule has 9 heteroatoms. The Balaban J connectivity index is 1.70. The zero-order chi connectivity index (χ0) is 18.3. The first-order chi connectivity index (χ1) is 12.5. The molecule has 1 amide bonds. The number of benzene rings is 2. The number of fused-ring (bicyclic) bond motifs is 1. The summed E-state index contributed by atoms with van der Waals surface area (Å²) in [7, 11) is 0. The average Bonchev–Trinajstić information content (AvgIpc) is 3.22. The molecule has 0 aliphatic carbocycles. The van der Waals surface area contributed by atoms with Gasteiger partial charge in [-0.2, -0.15) is 0 Å². The van der Waals surface area contributed by atoms with Gasteiger partial charge in [0.15, 0.2) is 5.82 Å². The summed E-state index contributed by atoms with van der Waals surface area (Å²) in [5.41, 5.74) is 2.13. The van der Waals surface area contributed by atoms with E-state index in [1.165, 1.54) is 0 Å². The van der Waals surface area contributed by atoms with Crippen LogP contribution < -0.4 is 11.1 Å². The lowest BCUT2D eigenvalue weighted by Crippen LogP contribution is -2.13. The van der Waals surface area contributed by atoms with Crippen LogP contribution in [0, 0.1) is 0 Å². The highest BCUT2D eigenvalue weighted by Gasteiger charge is 2.15. The maximum atomic E-state index is 12.6. The first kappa shape index (κ1) is 16.6. The fourth-order valence-electron chi connectivity index (χ4n) is 2.58. The van der Waals surface area contributed by atoms with Gasteiger partial charge < -0.3 is 10.3 Å². The van der Waals surface area contributed by atoms with Crippen molar-refractivity contribution in [3.8, 4) is 11.4 Å². The molecule has 4 rings (SSSR count). The Labute approximate surface area is 159 Å². The number of amides is 1. The Morgan fingerprint density at radius 1 is 1.15 bits per heavy atom. The molecule has 0 radical (unpaired) electrons. The second-order valence-electron chi connectivity index (χ2n) is 5.50. The zero-order valence-electron chi connectivity index (χ0n) is 13.0. The Hall–Kier alpha value is -2.84. The van der Waals surface area contributed by atoms with E-state index in [2.05, 4.69) is 40.9 Å². The van der Waals surface area contributed by atoms with Gasteiger partial charge in [-0.1, -0.05) is 38.8 Å². The molecule has 0 aliphatic heterocycles. The van der Waals surface area contributed by atoms with Crippen LogP contribution >= 0.6 is 27.5 Å². The van der Waals surface area contributed by atoms with Gasteiger partial charge in [-0.15, -0.1) is 0 Å². The highest BCUT2D eigenvalue weighted by molar-refractivity contribution is 9.10. The van der Waals surface area contributed by atoms with Crippen LogP contribution in [0.5, 0.6) is 0 Å². The molecule has 130 valence electrons. The van der Waals surface area contributed by atoms with Crippen molar-refractivity contribution < 1.29 is 9.32 Å². The van der Waals surface area contributed by atoms with Crippen LogP contribution in [0.4, 0.5) is 5.69 Å². The summed E-state index contributed by atoms with van der Waals surface area (Å²) in [5, 5.41) is 7.94. The number of carbonyl (C=O) groups is 1. The van der Waals surface area contributed by atoms with E-state index in [1.807, 2.05) is 6.07 Å². The van der Waals surface area contributed by atoms with Gasteiger partial charge >= 0.3 is 5.76 Å². The number of hydrogen-bond donors (Lipinski definition) is 3. The number of halogens is 2. The molecule has 2 heterocycles. The van der Waals surface area contributed by atoms with Gasteiger partial charge in [0.25, 0.3) is 5.91 Å². The van der Waals surface area contributed by atoms with Crippen molar-refractivity contribution in [3.63, 3.8) is 0 Å². The number of aromatic amines is 2. The van der Waals surface area contributed by atoms with Crippen LogP contribution in [0.2, 0.25) is 5.02 Å². The summed E-state index contributed by atoms with van der Waals surface area (Å²) in [6, 6.07) is 12.3. The van der Waals surface area contributed by atoms with Crippen LogP contribution in [0.25, 0.3) is 22.3 Å². The maximum absolute atomic E-state index is 12.6. The number of anilines is 1. The van der Waals surface area contributed by atoms with Gasteiger partial charge in [0, 0.05) is 26.0 Å². The molecule has 4 aromatic rings. The third-order valence-electron chi connectivity index (χ3n) is 3.75. The molecule has 2 aromatic heterocycles. The molecule has 0 saturated heterocycles. The average molecular weight is 434 g/mol. The minimum Gasteiger partial charge on any atom is -0.350 e. The molecule has 2 aromatic carbocycles. The summed E-state index contributed by atoms with van der Waals surface area (Å²) in [6.45, 7) is 0. The number of carbonyl (C=O) groups excluding carboxylic acids is 1. The van der Waals surface area contributed by atoms with Crippen LogP contribution in [-0.2, 0) is 0 Å². The normalized spacial score (nSPS) is 11.0. The first-order valence-electron chi connectivity index (χ1n) is 7.45. The Bertz CT molecular complexity index is 1190. The number of rotatable bonds is 3. The van der Waals surface area contributed by atoms with Gasteiger partial charge in [0.1, 0.15) is 5.69 Å². The highest BCUT2D eigenvalue weighted by atomic mass is 79.9. The van der Waals surface area contributed by atoms with Gasteiger partial charge in [-0.05, 0) is 36.4 Å². The standard InChI is InChI=1S/C17H10BrClN4O3/c18-9-2-4-12(11(6-9)15-22-17(25)26-23-15)21-16(24)14-5-8-1-3-10(19)7-13(8)20-14/h1-7,20H,(H,21,24)(H,22,23,25). The van der Waals surface area contributed by atoms with Crippen molar-refractivity contribution in [3.05, 3.63) is 68.2 Å². The van der Waals surface area contributed by atoms with Gasteiger partial charge in [-0.25, -0.2) is 4.79 Å². The Kier molecular flexibility index (Phi) is 4.14. The van der Waals surface area contributed by atoms with E-state index >= 15 is 0 Å². The number of H-pyrrole nitrogens is 2. The molecule has 0 bridgehead atoms. The van der Waals surface area contributed by atoms with E-state index < -0.39 is 5.76 Å². The fourth-order valence-corrected chi connectivity index (χ4v) is 3.11. The summed E-state index contributed by atoms with van der Waals surface area (Å²) >= 11 is 9.33. The van der Waals surface area contributed by atoms with E-state index in [0.717, 1.165) is 15.4 Å². The lowest BCUT2D eigenvalue weighted by molar-refractivity contribution is 0.102. The van der Waals surface area contributed by atoms with Crippen LogP contribution in [0.1, 0.15) is 10.5 Å². The molecule has 0 fully saturated rings. The largest absolute Gasteiger partial charge is 0.439 e. The zero-order valence-corrected chi connectivity index (χ0v) is 15.3. The molecule has 26 heavy (non-hydrogen) atoms. The smallest absolute Gasteiger partial charge is 0.350 e. The van der Waals surface area contributed by atoms with Crippen molar-refractivity contribution in [1.82, 2.24) is 15.1 Å². The Morgan fingerprint density at radius 2 is 2.00 bits per heavy atom. The van der Waals surface area contributed by atoms with Gasteiger partial charge in [0.05, 0.1) is 5.69 Å². The number of nitrogens with one attached hydrogen (secondary N) is 3. The molecular formula is C17H10BrClN4O3. The third kappa shape index (κ3) is 3.16. The topological polar surface area (TPSA) is 104 Å². The highest BCUT2D eigenvalue weighted by Crippen LogP contribution is 2.29. The molecule has 0 spiro atoms. The lowest BCUT2D eigenvalue weighted by Gasteiger charge is -2.09. The molecule has 0 atom stereocenters. The van der Waals surface area contributed by atoms with Crippen molar-refractivity contribution >= 4 is 50.0 Å². The predicted molar refractivity (Wildman–Crippen MR) is 102 cm³/mol. The van der Waals surface area contributed by atoms with Crippen LogP contribution in [0.15, 0.2) is 56.3 Å². The van der Waals surface area contributed by atoms with Crippen LogP contribution in [-0.4, -0.2) is 21.0 Å². The summed E-state index contributed by atoms with van der Waals surface area (Å²) < 4.78 is 5.31. The third-order valence-corrected chi connectivity index (χ3v) is 4.48. The van der Waals surface area contributed by atoms with Crippen molar-refractivity contribution in [2.45, 2.75) is 0 Å². The Morgan fingerprint density at radius 3 is 2.77 bits per heavy atom. The van der Waals surface area contributed by atoms with Crippen molar-refractivity contribution in [2.75, 3.05) is 5.32 Å². The van der Waals surface area contributed by atoms with E-state index in [9.17, 15) is 9.59 Å². The first-order valence-corrected chi connectivity index (χ1v) is 8.62. The van der Waals surface area contributed by atoms with E-state index in [0.29, 0.717) is 22.0 Å². The van der Waals surface area contributed by atoms with Crippen LogP contribution in [0.3, 0.4) is 0 Å². The quantitative estimate of drug-likeness (QED) is 0.451. The number of nitrogens with zero attached hydrogens (tertiary/aromatic N) is 1. The summed E-state index contributed by atoms with van der Waals surface area (Å²) in [4.78, 5) is 29.4. The molecular weight excluding hydrogens is 424 g/mol. The summed E-state index contributed by atoms with van der Waals surface area (Å²) in [6.07, 6.45) is 0.